The number of nitrogens with one attached hydrogen (secondary N) is 2. The molecule has 1 aliphatic carbocycles. The molecule has 2 heterocycles. The highest BCUT2D eigenvalue weighted by Gasteiger charge is 2.35. The average Bonchev–Trinajstić information content (AvgIpc) is 3.15. The number of rotatable bonds is 5. The topological polar surface area (TPSA) is 78.5 Å². The molecule has 1 saturated carbocycles. The predicted octanol–water partition coefficient (Wildman–Crippen LogP) is 1.51. The lowest BCUT2D eigenvalue weighted by atomic mass is 10.0. The van der Waals surface area contributed by atoms with Gasteiger partial charge in [-0.3, -0.25) is 4.79 Å². The molecule has 3 fully saturated rings. The van der Waals surface area contributed by atoms with Crippen LogP contribution in [-0.2, 0) is 14.8 Å². The van der Waals surface area contributed by atoms with Crippen molar-refractivity contribution in [2.24, 2.45) is 11.8 Å². The fourth-order valence-electron chi connectivity index (χ4n) is 4.27. The molecule has 0 spiro atoms. The molecule has 8 heteroatoms. The van der Waals surface area contributed by atoms with E-state index in [1.807, 2.05) is 4.90 Å². The van der Waals surface area contributed by atoms with E-state index in [2.05, 4.69) is 10.0 Å². The van der Waals surface area contributed by atoms with Gasteiger partial charge in [0, 0.05) is 25.6 Å². The van der Waals surface area contributed by atoms with Crippen molar-refractivity contribution in [1.29, 1.82) is 0 Å². The summed E-state index contributed by atoms with van der Waals surface area (Å²) >= 11 is 0. The van der Waals surface area contributed by atoms with Crippen LogP contribution in [0.3, 0.4) is 0 Å². The van der Waals surface area contributed by atoms with E-state index in [4.69, 9.17) is 0 Å². The van der Waals surface area contributed by atoms with Gasteiger partial charge in [-0.05, 0) is 57.5 Å². The van der Waals surface area contributed by atoms with E-state index in [1.54, 1.807) is 0 Å². The van der Waals surface area contributed by atoms with Crippen LogP contribution in [0.4, 0.5) is 0 Å². The highest BCUT2D eigenvalue weighted by atomic mass is 35.5. The Kier molecular flexibility index (Phi) is 7.98. The van der Waals surface area contributed by atoms with Crippen LogP contribution in [0.25, 0.3) is 0 Å². The maximum atomic E-state index is 12.6. The number of sulfonamides is 1. The molecule has 0 aromatic heterocycles. The van der Waals surface area contributed by atoms with Crippen molar-refractivity contribution in [3.8, 4) is 0 Å². The SMILES string of the molecule is Cl.O=C(C1CCCC1)N1CCCC(S(=O)(=O)NCC2CCCNC2)C1. The zero-order chi connectivity index (χ0) is 17.0. The highest BCUT2D eigenvalue weighted by molar-refractivity contribution is 7.90. The van der Waals surface area contributed by atoms with Crippen LogP contribution in [0.1, 0.15) is 51.4 Å². The van der Waals surface area contributed by atoms with Gasteiger partial charge in [-0.25, -0.2) is 13.1 Å². The van der Waals surface area contributed by atoms with Gasteiger partial charge in [0.15, 0.2) is 0 Å². The Balaban J connectivity index is 0.00000225. The minimum atomic E-state index is -3.34. The fourth-order valence-corrected chi connectivity index (χ4v) is 5.83. The van der Waals surface area contributed by atoms with Crippen molar-refractivity contribution in [2.75, 3.05) is 32.7 Å². The van der Waals surface area contributed by atoms with Crippen LogP contribution >= 0.6 is 12.4 Å². The molecular formula is C17H32ClN3O3S. The van der Waals surface area contributed by atoms with Crippen LogP contribution in [0, 0.1) is 11.8 Å². The molecule has 2 saturated heterocycles. The summed E-state index contributed by atoms with van der Waals surface area (Å²) in [6.07, 6.45) is 7.83. The lowest BCUT2D eigenvalue weighted by Crippen LogP contribution is -2.50. The summed E-state index contributed by atoms with van der Waals surface area (Å²) in [5.41, 5.74) is 0. The molecule has 2 atom stereocenters. The van der Waals surface area contributed by atoms with E-state index in [0.717, 1.165) is 58.0 Å². The third-order valence-corrected chi connectivity index (χ3v) is 7.64. The minimum Gasteiger partial charge on any atom is -0.341 e. The molecule has 1 amide bonds. The van der Waals surface area contributed by atoms with Crippen LogP contribution < -0.4 is 10.0 Å². The third kappa shape index (κ3) is 5.55. The van der Waals surface area contributed by atoms with Gasteiger partial charge in [0.2, 0.25) is 15.9 Å². The van der Waals surface area contributed by atoms with Gasteiger partial charge >= 0.3 is 0 Å². The second-order valence-corrected chi connectivity index (χ2v) is 9.68. The molecule has 2 unspecified atom stereocenters. The number of hydrogen-bond acceptors (Lipinski definition) is 4. The van der Waals surface area contributed by atoms with Gasteiger partial charge in [0.25, 0.3) is 0 Å². The van der Waals surface area contributed by atoms with Crippen molar-refractivity contribution in [1.82, 2.24) is 14.9 Å². The average molecular weight is 394 g/mol. The van der Waals surface area contributed by atoms with E-state index in [9.17, 15) is 13.2 Å². The Morgan fingerprint density at radius 1 is 1.08 bits per heavy atom. The summed E-state index contributed by atoms with van der Waals surface area (Å²) in [5, 5.41) is 2.87. The van der Waals surface area contributed by atoms with Crippen LogP contribution in [0.2, 0.25) is 0 Å². The van der Waals surface area contributed by atoms with E-state index in [0.29, 0.717) is 32.0 Å². The third-order valence-electron chi connectivity index (χ3n) is 5.81. The number of amides is 1. The maximum Gasteiger partial charge on any atom is 0.225 e. The predicted molar refractivity (Wildman–Crippen MR) is 101 cm³/mol. The second kappa shape index (κ2) is 9.53. The van der Waals surface area contributed by atoms with E-state index in [1.165, 1.54) is 0 Å². The molecule has 3 aliphatic rings. The maximum absolute atomic E-state index is 12.6. The molecule has 0 bridgehead atoms. The molecule has 0 aromatic carbocycles. The second-order valence-electron chi connectivity index (χ2n) is 7.64. The summed E-state index contributed by atoms with van der Waals surface area (Å²) in [5.74, 6) is 0.699. The molecule has 2 aliphatic heterocycles. The highest BCUT2D eigenvalue weighted by Crippen LogP contribution is 2.28. The summed E-state index contributed by atoms with van der Waals surface area (Å²) in [4.78, 5) is 14.4. The first kappa shape index (κ1) is 20.9. The van der Waals surface area contributed by atoms with Crippen molar-refractivity contribution in [3.05, 3.63) is 0 Å². The van der Waals surface area contributed by atoms with Crippen LogP contribution in [0.15, 0.2) is 0 Å². The van der Waals surface area contributed by atoms with E-state index >= 15 is 0 Å². The zero-order valence-electron chi connectivity index (χ0n) is 14.9. The lowest BCUT2D eigenvalue weighted by Gasteiger charge is -2.34. The number of likely N-dealkylation sites (tertiary alicyclic amines) is 1. The fraction of sp³-hybridized carbons (Fsp3) is 0.941. The van der Waals surface area contributed by atoms with Gasteiger partial charge < -0.3 is 10.2 Å². The van der Waals surface area contributed by atoms with Crippen molar-refractivity contribution >= 4 is 28.3 Å². The molecule has 6 nitrogen and oxygen atoms in total. The van der Waals surface area contributed by atoms with Crippen LogP contribution in [0.5, 0.6) is 0 Å². The molecule has 3 rings (SSSR count). The van der Waals surface area contributed by atoms with E-state index < -0.39 is 15.3 Å². The number of nitrogens with zero attached hydrogens (tertiary/aromatic N) is 1. The number of hydrogen-bond donors (Lipinski definition) is 2. The van der Waals surface area contributed by atoms with Gasteiger partial charge in [0.1, 0.15) is 0 Å². The smallest absolute Gasteiger partial charge is 0.225 e. The van der Waals surface area contributed by atoms with Gasteiger partial charge in [-0.1, -0.05) is 12.8 Å². The lowest BCUT2D eigenvalue weighted by molar-refractivity contribution is -0.136. The Hall–Kier alpha value is -0.370. The Labute approximate surface area is 157 Å². The van der Waals surface area contributed by atoms with Gasteiger partial charge in [-0.15, -0.1) is 12.4 Å². The quantitative estimate of drug-likeness (QED) is 0.742. The summed E-state index contributed by atoms with van der Waals surface area (Å²) < 4.78 is 28.1. The van der Waals surface area contributed by atoms with Crippen molar-refractivity contribution in [2.45, 2.75) is 56.6 Å². The summed E-state index contributed by atoms with van der Waals surface area (Å²) in [6.45, 7) is 3.52. The van der Waals surface area contributed by atoms with Crippen LogP contribution in [-0.4, -0.2) is 57.2 Å². The van der Waals surface area contributed by atoms with Gasteiger partial charge in [0.05, 0.1) is 5.25 Å². The molecule has 2 N–H and O–H groups in total. The first-order valence-corrected chi connectivity index (χ1v) is 11.1. The zero-order valence-corrected chi connectivity index (χ0v) is 16.5. The Morgan fingerprint density at radius 3 is 2.52 bits per heavy atom. The summed E-state index contributed by atoms with van der Waals surface area (Å²) in [6, 6.07) is 0. The first-order valence-electron chi connectivity index (χ1n) is 9.54. The Morgan fingerprint density at radius 2 is 1.84 bits per heavy atom. The minimum absolute atomic E-state index is 0. The number of halogens is 1. The first-order chi connectivity index (χ1) is 11.6. The Bertz CT molecular complexity index is 531. The number of piperidine rings is 2. The normalized spacial score (nSPS) is 28.6. The van der Waals surface area contributed by atoms with Crippen molar-refractivity contribution in [3.63, 3.8) is 0 Å². The molecule has 0 radical (unpaired) electrons. The summed E-state index contributed by atoms with van der Waals surface area (Å²) in [7, 11) is -3.34. The largest absolute Gasteiger partial charge is 0.341 e. The molecular weight excluding hydrogens is 362 g/mol. The molecule has 146 valence electrons. The monoisotopic (exact) mass is 393 g/mol. The number of carbonyl (C=O) groups excluding carboxylic acids is 1. The molecule has 25 heavy (non-hydrogen) atoms. The van der Waals surface area contributed by atoms with Crippen molar-refractivity contribution < 1.29 is 13.2 Å². The van der Waals surface area contributed by atoms with E-state index in [-0.39, 0.29) is 24.2 Å². The standard InChI is InChI=1S/C17H31N3O3S.ClH/c21-17(15-6-1-2-7-15)20-10-4-8-16(13-20)24(22,23)19-12-14-5-3-9-18-11-14;/h14-16,18-19H,1-13H2;1H. The number of carbonyl (C=O) groups is 1. The van der Waals surface area contributed by atoms with Gasteiger partial charge in [-0.2, -0.15) is 0 Å². The molecule has 0 aromatic rings.